The smallest absolute Gasteiger partial charge is 0.373 e. The molecule has 140 valence electrons. The number of aryl methyl sites for hydroxylation is 1. The maximum Gasteiger partial charge on any atom is 0.373 e. The zero-order chi connectivity index (χ0) is 19.3. The van der Waals surface area contributed by atoms with Crippen molar-refractivity contribution in [2.75, 3.05) is 18.0 Å². The van der Waals surface area contributed by atoms with Gasteiger partial charge in [0.2, 0.25) is 0 Å². The first-order chi connectivity index (χ1) is 11.5. The van der Waals surface area contributed by atoms with Crippen molar-refractivity contribution in [2.24, 2.45) is 0 Å². The lowest BCUT2D eigenvalue weighted by Crippen LogP contribution is -2.47. The van der Waals surface area contributed by atoms with Crippen LogP contribution in [0.15, 0.2) is 18.2 Å². The molecule has 1 heterocycles. The molecule has 1 aliphatic heterocycles. The Hall–Kier alpha value is -1.13. The van der Waals surface area contributed by atoms with Gasteiger partial charge in [-0.3, -0.25) is 0 Å². The molecule has 1 aliphatic rings. The zero-order valence-electron chi connectivity index (χ0n) is 16.2. The quantitative estimate of drug-likeness (QED) is 0.684. The Kier molecular flexibility index (Phi) is 7.88. The van der Waals surface area contributed by atoms with Crippen molar-refractivity contribution in [3.63, 3.8) is 0 Å². The van der Waals surface area contributed by atoms with E-state index in [1.54, 1.807) is 0 Å². The number of hydrogen-bond donors (Lipinski definition) is 0. The van der Waals surface area contributed by atoms with Gasteiger partial charge < -0.3 is 9.33 Å². The first kappa shape index (κ1) is 21.9. The molecule has 0 atom stereocenters. The number of rotatable bonds is 3. The highest BCUT2D eigenvalue weighted by atomic mass is 35.5. The van der Waals surface area contributed by atoms with Crippen LogP contribution in [-0.2, 0) is 14.0 Å². The number of nitrogens with zero attached hydrogens (tertiary/aromatic N) is 1. The van der Waals surface area contributed by atoms with Crippen molar-refractivity contribution in [1.82, 2.24) is 0 Å². The molecule has 0 amide bonds. The fourth-order valence-corrected chi connectivity index (χ4v) is 4.45. The Morgan fingerprint density at radius 1 is 1.20 bits per heavy atom. The molecule has 0 spiro atoms. The molecule has 6 heteroatoms. The molecule has 0 aliphatic carbocycles. The Labute approximate surface area is 157 Å². The van der Waals surface area contributed by atoms with E-state index in [2.05, 4.69) is 63.9 Å². The maximum atomic E-state index is 8.12. The van der Waals surface area contributed by atoms with E-state index in [0.717, 1.165) is 36.6 Å². The van der Waals surface area contributed by atoms with Gasteiger partial charge in [0.25, 0.3) is 0 Å². The van der Waals surface area contributed by atoms with Crippen LogP contribution in [0.5, 0.6) is 0 Å². The first-order valence-corrected chi connectivity index (χ1v) is 12.0. The molecule has 1 aromatic rings. The minimum atomic E-state index is -1.66. The monoisotopic (exact) mass is 383 g/mol. The van der Waals surface area contributed by atoms with Crippen LogP contribution in [0, 0.1) is 6.92 Å². The van der Waals surface area contributed by atoms with Gasteiger partial charge in [-0.1, -0.05) is 38.4 Å². The summed E-state index contributed by atoms with van der Waals surface area (Å²) in [6.45, 7) is 15.7. The van der Waals surface area contributed by atoms with Crippen molar-refractivity contribution >= 4 is 31.8 Å². The number of carbonyl (C=O) groups excluding carboxylic acids is 2. The second-order valence-corrected chi connectivity index (χ2v) is 13.3. The summed E-state index contributed by atoms with van der Waals surface area (Å²) in [6.07, 6.45) is 2.84. The predicted molar refractivity (Wildman–Crippen MR) is 105 cm³/mol. The fraction of sp³-hybridized carbons (Fsp3) is 0.632. The van der Waals surface area contributed by atoms with E-state index in [4.69, 9.17) is 25.6 Å². The molecule has 1 fully saturated rings. The van der Waals surface area contributed by atoms with Crippen LogP contribution in [0.2, 0.25) is 23.2 Å². The van der Waals surface area contributed by atoms with Crippen molar-refractivity contribution in [3.05, 3.63) is 28.8 Å². The minimum Gasteiger partial charge on any atom is -0.414 e. The Bertz CT molecular complexity index is 599. The summed E-state index contributed by atoms with van der Waals surface area (Å²) in [6, 6.07) is 6.33. The number of benzene rings is 1. The van der Waals surface area contributed by atoms with Crippen LogP contribution in [0.1, 0.15) is 39.2 Å². The molecule has 0 N–H and O–H groups in total. The van der Waals surface area contributed by atoms with Gasteiger partial charge in [-0.15, -0.1) is 0 Å². The lowest BCUT2D eigenvalue weighted by Gasteiger charge is -2.42. The Balaban J connectivity index is 0.000000970. The van der Waals surface area contributed by atoms with Crippen LogP contribution in [0.3, 0.4) is 0 Å². The maximum absolute atomic E-state index is 8.12. The molecule has 0 aromatic heterocycles. The second-order valence-electron chi connectivity index (χ2n) is 8.10. The molecule has 0 saturated carbocycles. The summed E-state index contributed by atoms with van der Waals surface area (Å²) in [5, 5.41) is 1.15. The van der Waals surface area contributed by atoms with Gasteiger partial charge in [-0.2, -0.15) is 9.59 Å². The Morgan fingerprint density at radius 3 is 2.16 bits per heavy atom. The number of piperidine rings is 1. The van der Waals surface area contributed by atoms with Crippen LogP contribution < -0.4 is 4.90 Å². The SMILES string of the molecule is Cc1ccc(N2CCC(O[Si](C)(C)C(C)(C)C)CC2)c(Cl)c1.O=C=O. The van der Waals surface area contributed by atoms with Crippen molar-refractivity contribution in [1.29, 1.82) is 0 Å². The summed E-state index contributed by atoms with van der Waals surface area (Å²) < 4.78 is 6.56. The summed E-state index contributed by atoms with van der Waals surface area (Å²) in [7, 11) is -1.66. The van der Waals surface area contributed by atoms with Gasteiger partial charge in [0.05, 0.1) is 10.7 Å². The minimum absolute atomic E-state index is 0.250. The molecule has 2 rings (SSSR count). The van der Waals surface area contributed by atoms with E-state index in [1.807, 2.05) is 0 Å². The highest BCUT2D eigenvalue weighted by molar-refractivity contribution is 6.74. The lowest BCUT2D eigenvalue weighted by molar-refractivity contribution is -0.191. The summed E-state index contributed by atoms with van der Waals surface area (Å²) >= 11 is 6.40. The molecular formula is C19H30ClNO3Si. The van der Waals surface area contributed by atoms with Crippen molar-refractivity contribution in [2.45, 2.75) is 64.8 Å². The van der Waals surface area contributed by atoms with E-state index in [-0.39, 0.29) is 11.2 Å². The van der Waals surface area contributed by atoms with Gasteiger partial charge in [-0.05, 0) is 55.6 Å². The van der Waals surface area contributed by atoms with Crippen LogP contribution in [-0.4, -0.2) is 33.7 Å². The summed E-state index contributed by atoms with van der Waals surface area (Å²) in [5.74, 6) is 0. The number of anilines is 1. The van der Waals surface area contributed by atoms with Crippen LogP contribution in [0.25, 0.3) is 0 Å². The lowest BCUT2D eigenvalue weighted by atomic mass is 10.1. The van der Waals surface area contributed by atoms with E-state index in [0.29, 0.717) is 6.10 Å². The third-order valence-corrected chi connectivity index (χ3v) is 9.99. The molecule has 1 aromatic carbocycles. The van der Waals surface area contributed by atoms with Gasteiger partial charge in [0.15, 0.2) is 8.32 Å². The molecule has 4 nitrogen and oxygen atoms in total. The molecule has 1 saturated heterocycles. The van der Waals surface area contributed by atoms with Gasteiger partial charge in [0.1, 0.15) is 0 Å². The highest BCUT2D eigenvalue weighted by Gasteiger charge is 2.39. The second kappa shape index (κ2) is 8.99. The third-order valence-electron chi connectivity index (χ3n) is 5.15. The molecular weight excluding hydrogens is 354 g/mol. The highest BCUT2D eigenvalue weighted by Crippen LogP contribution is 2.39. The van der Waals surface area contributed by atoms with Crippen molar-refractivity contribution < 1.29 is 14.0 Å². The standard InChI is InChI=1S/C18H30ClNOSi.CO2/c1-14-7-8-17(16(19)13-14)20-11-9-15(10-12-20)21-22(5,6)18(2,3)4;2-1-3/h7-8,13,15H,9-12H2,1-6H3;. The third kappa shape index (κ3) is 6.26. The van der Waals surface area contributed by atoms with Crippen molar-refractivity contribution in [3.8, 4) is 0 Å². The molecule has 25 heavy (non-hydrogen) atoms. The number of halogens is 1. The predicted octanol–water partition coefficient (Wildman–Crippen LogP) is 5.06. The fourth-order valence-electron chi connectivity index (χ4n) is 2.68. The van der Waals surface area contributed by atoms with E-state index in [1.165, 1.54) is 5.56 Å². The van der Waals surface area contributed by atoms with E-state index in [9.17, 15) is 0 Å². The molecule has 0 bridgehead atoms. The van der Waals surface area contributed by atoms with Gasteiger partial charge in [0, 0.05) is 19.2 Å². The first-order valence-electron chi connectivity index (χ1n) is 8.70. The average Bonchev–Trinajstić information content (AvgIpc) is 2.48. The normalized spacial score (nSPS) is 16.0. The topological polar surface area (TPSA) is 46.6 Å². The van der Waals surface area contributed by atoms with Crippen LogP contribution in [0.4, 0.5) is 5.69 Å². The zero-order valence-corrected chi connectivity index (χ0v) is 17.9. The average molecular weight is 384 g/mol. The number of hydrogen-bond acceptors (Lipinski definition) is 4. The van der Waals surface area contributed by atoms with Gasteiger partial charge in [-0.25, -0.2) is 0 Å². The Morgan fingerprint density at radius 2 is 1.72 bits per heavy atom. The molecule has 0 radical (unpaired) electrons. The van der Waals surface area contributed by atoms with Crippen LogP contribution >= 0.6 is 11.6 Å². The summed E-state index contributed by atoms with van der Waals surface area (Å²) in [4.78, 5) is 18.6. The molecule has 0 unspecified atom stereocenters. The summed E-state index contributed by atoms with van der Waals surface area (Å²) in [5.41, 5.74) is 2.38. The van der Waals surface area contributed by atoms with E-state index < -0.39 is 8.32 Å². The van der Waals surface area contributed by atoms with E-state index >= 15 is 0 Å². The largest absolute Gasteiger partial charge is 0.414 e. The van der Waals surface area contributed by atoms with Gasteiger partial charge >= 0.3 is 6.15 Å².